The molecule has 94 valence electrons. The molecule has 1 aliphatic rings. The first-order valence-corrected chi connectivity index (χ1v) is 6.49. The Balaban J connectivity index is 2.16. The molecule has 1 heterocycles. The number of nitrogens with one attached hydrogen (secondary N) is 1. The third-order valence-electron chi connectivity index (χ3n) is 3.77. The van der Waals surface area contributed by atoms with E-state index in [9.17, 15) is 0 Å². The average Bonchev–Trinajstić information content (AvgIpc) is 2.29. The lowest BCUT2D eigenvalue weighted by Crippen LogP contribution is -2.47. The van der Waals surface area contributed by atoms with Crippen LogP contribution in [0, 0.1) is 6.92 Å². The summed E-state index contributed by atoms with van der Waals surface area (Å²) in [4.78, 5) is 0. The summed E-state index contributed by atoms with van der Waals surface area (Å²) < 4.78 is 0. The number of aryl methyl sites for hydroxylation is 1. The van der Waals surface area contributed by atoms with Crippen molar-refractivity contribution in [1.82, 2.24) is 5.01 Å². The monoisotopic (exact) mass is 233 g/mol. The molecular formula is C14H23N3. The summed E-state index contributed by atoms with van der Waals surface area (Å²) in [7, 11) is 0. The van der Waals surface area contributed by atoms with E-state index in [2.05, 4.69) is 30.3 Å². The van der Waals surface area contributed by atoms with E-state index in [1.807, 2.05) is 19.1 Å². The highest BCUT2D eigenvalue weighted by molar-refractivity contribution is 5.69. The van der Waals surface area contributed by atoms with Crippen LogP contribution in [0.5, 0.6) is 0 Å². The molecule has 0 bridgehead atoms. The Morgan fingerprint density at radius 2 is 1.88 bits per heavy atom. The van der Waals surface area contributed by atoms with Gasteiger partial charge in [0.25, 0.3) is 0 Å². The fourth-order valence-electron chi connectivity index (χ4n) is 2.56. The third kappa shape index (κ3) is 2.55. The molecule has 1 aliphatic heterocycles. The molecule has 3 N–H and O–H groups in total. The van der Waals surface area contributed by atoms with Gasteiger partial charge in [0.05, 0.1) is 11.4 Å². The van der Waals surface area contributed by atoms with Crippen molar-refractivity contribution in [2.24, 2.45) is 0 Å². The summed E-state index contributed by atoms with van der Waals surface area (Å²) in [5, 5.41) is 2.34. The predicted molar refractivity (Wildman–Crippen MR) is 73.8 cm³/mol. The van der Waals surface area contributed by atoms with Crippen LogP contribution >= 0.6 is 0 Å². The summed E-state index contributed by atoms with van der Waals surface area (Å²) >= 11 is 0. The third-order valence-corrected chi connectivity index (χ3v) is 3.77. The van der Waals surface area contributed by atoms with Crippen molar-refractivity contribution < 1.29 is 0 Å². The van der Waals surface area contributed by atoms with Crippen molar-refractivity contribution >= 4 is 11.4 Å². The van der Waals surface area contributed by atoms with Crippen LogP contribution < -0.4 is 11.2 Å². The molecule has 3 heteroatoms. The van der Waals surface area contributed by atoms with E-state index >= 15 is 0 Å². The van der Waals surface area contributed by atoms with E-state index in [4.69, 9.17) is 5.73 Å². The van der Waals surface area contributed by atoms with Crippen LogP contribution in [0.25, 0.3) is 0 Å². The summed E-state index contributed by atoms with van der Waals surface area (Å²) in [6.07, 6.45) is 3.83. The Morgan fingerprint density at radius 3 is 2.53 bits per heavy atom. The number of para-hydroxylation sites is 1. The molecule has 1 saturated heterocycles. The van der Waals surface area contributed by atoms with Crippen LogP contribution in [-0.2, 0) is 0 Å². The number of nitrogen functional groups attached to an aromatic ring is 1. The van der Waals surface area contributed by atoms with Crippen molar-refractivity contribution in [2.45, 2.75) is 52.1 Å². The first-order valence-electron chi connectivity index (χ1n) is 6.49. The highest BCUT2D eigenvalue weighted by Gasteiger charge is 2.24. The molecule has 2 atom stereocenters. The minimum atomic E-state index is 0.568. The van der Waals surface area contributed by atoms with E-state index in [0.29, 0.717) is 12.1 Å². The summed E-state index contributed by atoms with van der Waals surface area (Å²) in [6.45, 7) is 6.59. The molecular weight excluding hydrogens is 210 g/mol. The zero-order chi connectivity index (χ0) is 12.4. The Hall–Kier alpha value is -1.22. The zero-order valence-electron chi connectivity index (χ0n) is 11.0. The van der Waals surface area contributed by atoms with Gasteiger partial charge in [-0.15, -0.1) is 0 Å². The van der Waals surface area contributed by atoms with Gasteiger partial charge in [0.2, 0.25) is 0 Å². The van der Waals surface area contributed by atoms with Crippen molar-refractivity contribution in [1.29, 1.82) is 0 Å². The summed E-state index contributed by atoms with van der Waals surface area (Å²) in [5.41, 5.74) is 12.6. The lowest BCUT2D eigenvalue weighted by molar-refractivity contribution is 0.136. The largest absolute Gasteiger partial charge is 0.397 e. The Kier molecular flexibility index (Phi) is 3.57. The maximum Gasteiger partial charge on any atom is 0.0722 e. The van der Waals surface area contributed by atoms with Gasteiger partial charge in [-0.2, -0.15) is 0 Å². The number of hydrazine groups is 1. The molecule has 1 aromatic carbocycles. The van der Waals surface area contributed by atoms with Crippen LogP contribution in [0.1, 0.15) is 38.7 Å². The van der Waals surface area contributed by atoms with Gasteiger partial charge in [-0.1, -0.05) is 18.6 Å². The lowest BCUT2D eigenvalue weighted by atomic mass is 10.00. The molecule has 2 rings (SSSR count). The Labute approximate surface area is 104 Å². The quantitative estimate of drug-likeness (QED) is 0.771. The van der Waals surface area contributed by atoms with E-state index in [1.54, 1.807) is 0 Å². The Morgan fingerprint density at radius 1 is 1.24 bits per heavy atom. The standard InChI is InChI=1S/C14H23N3/c1-10-6-4-9-13(14(10)15)16-17-11(2)7-5-8-12(17)3/h4,6,9,11-12,16H,5,7-8,15H2,1-3H3. The van der Waals surface area contributed by atoms with Crippen LogP contribution in [-0.4, -0.2) is 17.1 Å². The molecule has 1 aromatic rings. The fourth-order valence-corrected chi connectivity index (χ4v) is 2.56. The molecule has 0 radical (unpaired) electrons. The number of hydrogen-bond acceptors (Lipinski definition) is 3. The number of nitrogens with zero attached hydrogens (tertiary/aromatic N) is 1. The number of piperidine rings is 1. The van der Waals surface area contributed by atoms with Crippen LogP contribution in [0.2, 0.25) is 0 Å². The first kappa shape index (κ1) is 12.2. The molecule has 2 unspecified atom stereocenters. The normalized spacial score (nSPS) is 25.8. The van der Waals surface area contributed by atoms with Crippen LogP contribution in [0.15, 0.2) is 18.2 Å². The van der Waals surface area contributed by atoms with Gasteiger partial charge in [-0.25, -0.2) is 5.01 Å². The zero-order valence-corrected chi connectivity index (χ0v) is 11.0. The van der Waals surface area contributed by atoms with Crippen molar-refractivity contribution in [3.8, 4) is 0 Å². The number of nitrogens with two attached hydrogens (primary N) is 1. The second kappa shape index (κ2) is 4.96. The van der Waals surface area contributed by atoms with E-state index < -0.39 is 0 Å². The molecule has 3 nitrogen and oxygen atoms in total. The maximum absolute atomic E-state index is 6.10. The lowest BCUT2D eigenvalue weighted by Gasteiger charge is -2.39. The molecule has 0 amide bonds. The molecule has 1 fully saturated rings. The molecule has 0 aromatic heterocycles. The number of benzene rings is 1. The number of anilines is 2. The van der Waals surface area contributed by atoms with Crippen molar-refractivity contribution in [3.05, 3.63) is 23.8 Å². The summed E-state index contributed by atoms with van der Waals surface area (Å²) in [6, 6.07) is 7.28. The van der Waals surface area contributed by atoms with Gasteiger partial charge in [0.1, 0.15) is 0 Å². The molecule has 17 heavy (non-hydrogen) atoms. The van der Waals surface area contributed by atoms with Gasteiger partial charge in [-0.3, -0.25) is 0 Å². The first-order chi connectivity index (χ1) is 8.09. The fraction of sp³-hybridized carbons (Fsp3) is 0.571. The predicted octanol–water partition coefficient (Wildman–Crippen LogP) is 3.17. The van der Waals surface area contributed by atoms with Gasteiger partial charge in [0, 0.05) is 12.1 Å². The second-order valence-electron chi connectivity index (χ2n) is 5.18. The Bertz CT molecular complexity index is 379. The molecule has 0 aliphatic carbocycles. The van der Waals surface area contributed by atoms with E-state index in [0.717, 1.165) is 16.9 Å². The maximum atomic E-state index is 6.10. The number of hydrogen-bond donors (Lipinski definition) is 2. The van der Waals surface area contributed by atoms with E-state index in [1.165, 1.54) is 19.3 Å². The van der Waals surface area contributed by atoms with Crippen molar-refractivity contribution in [3.63, 3.8) is 0 Å². The topological polar surface area (TPSA) is 41.3 Å². The minimum absolute atomic E-state index is 0.568. The summed E-state index contributed by atoms with van der Waals surface area (Å²) in [5.74, 6) is 0. The van der Waals surface area contributed by atoms with Gasteiger partial charge < -0.3 is 11.2 Å². The molecule has 0 spiro atoms. The molecule has 0 saturated carbocycles. The van der Waals surface area contributed by atoms with Gasteiger partial charge >= 0.3 is 0 Å². The van der Waals surface area contributed by atoms with Gasteiger partial charge in [0.15, 0.2) is 0 Å². The van der Waals surface area contributed by atoms with Crippen LogP contribution in [0.4, 0.5) is 11.4 Å². The average molecular weight is 233 g/mol. The van der Waals surface area contributed by atoms with Gasteiger partial charge in [-0.05, 0) is 45.2 Å². The smallest absolute Gasteiger partial charge is 0.0722 e. The van der Waals surface area contributed by atoms with Crippen LogP contribution in [0.3, 0.4) is 0 Å². The van der Waals surface area contributed by atoms with Crippen molar-refractivity contribution in [2.75, 3.05) is 11.2 Å². The second-order valence-corrected chi connectivity index (χ2v) is 5.18. The minimum Gasteiger partial charge on any atom is -0.397 e. The van der Waals surface area contributed by atoms with E-state index in [-0.39, 0.29) is 0 Å². The highest BCUT2D eigenvalue weighted by atomic mass is 15.5. The number of rotatable bonds is 2. The highest BCUT2D eigenvalue weighted by Crippen LogP contribution is 2.27. The SMILES string of the molecule is Cc1cccc(NN2C(C)CCCC2C)c1N.